The lowest BCUT2D eigenvalue weighted by atomic mass is 9.80. The van der Waals surface area contributed by atoms with E-state index in [-0.39, 0.29) is 16.7 Å². The Labute approximate surface area is 190 Å². The average molecular weight is 458 g/mol. The van der Waals surface area contributed by atoms with Crippen molar-refractivity contribution in [3.05, 3.63) is 60.2 Å². The molecule has 0 heterocycles. The van der Waals surface area contributed by atoms with Crippen LogP contribution in [0.3, 0.4) is 0 Å². The molecule has 0 aromatic heterocycles. The number of nitrogens with one attached hydrogen (secondary N) is 2. The Bertz CT molecular complexity index is 1030. The molecule has 1 saturated carbocycles. The minimum absolute atomic E-state index is 0.0400. The number of nitrogens with zero attached hydrogens (tertiary/aromatic N) is 1. The highest BCUT2D eigenvalue weighted by Gasteiger charge is 2.42. The maximum atomic E-state index is 13.2. The first-order valence-corrected chi connectivity index (χ1v) is 12.6. The smallest absolute Gasteiger partial charge is 0.261 e. The molecule has 0 spiro atoms. The Hall–Kier alpha value is -2.87. The Kier molecular flexibility index (Phi) is 7.56. The molecule has 0 unspecified atom stereocenters. The van der Waals surface area contributed by atoms with Crippen molar-refractivity contribution in [2.24, 2.45) is 0 Å². The number of amides is 2. The van der Waals surface area contributed by atoms with Crippen molar-refractivity contribution in [1.29, 1.82) is 0 Å². The van der Waals surface area contributed by atoms with Crippen molar-refractivity contribution in [3.8, 4) is 0 Å². The lowest BCUT2D eigenvalue weighted by Crippen LogP contribution is -2.60. The minimum atomic E-state index is -3.77. The van der Waals surface area contributed by atoms with Crippen LogP contribution >= 0.6 is 0 Å². The maximum absolute atomic E-state index is 13.2. The average Bonchev–Trinajstić information content (AvgIpc) is 2.81. The van der Waals surface area contributed by atoms with Crippen molar-refractivity contribution in [2.75, 3.05) is 17.8 Å². The first kappa shape index (κ1) is 23.8. The predicted octanol–water partition coefficient (Wildman–Crippen LogP) is 3.79. The van der Waals surface area contributed by atoms with Crippen LogP contribution in [0.15, 0.2) is 59.5 Å². The van der Waals surface area contributed by atoms with E-state index >= 15 is 0 Å². The Morgan fingerprint density at radius 1 is 0.906 bits per heavy atom. The van der Waals surface area contributed by atoms with Gasteiger partial charge in [0, 0.05) is 24.3 Å². The predicted molar refractivity (Wildman–Crippen MR) is 125 cm³/mol. The van der Waals surface area contributed by atoms with Crippen molar-refractivity contribution in [2.45, 2.75) is 56.4 Å². The quantitative estimate of drug-likeness (QED) is 0.630. The molecule has 0 atom stereocenters. The summed E-state index contributed by atoms with van der Waals surface area (Å²) in [5.74, 6) is -0.408. The molecular formula is C24H31N3O4S. The van der Waals surface area contributed by atoms with Gasteiger partial charge in [0.05, 0.1) is 4.90 Å². The van der Waals surface area contributed by atoms with Crippen LogP contribution in [0.25, 0.3) is 0 Å². The third-order valence-corrected chi connectivity index (χ3v) is 7.37. The summed E-state index contributed by atoms with van der Waals surface area (Å²) in [7, 11) is -3.77. The number of likely N-dealkylation sites (N-methyl/N-ethyl adjacent to an activating group) is 1. The van der Waals surface area contributed by atoms with E-state index in [2.05, 4.69) is 10.0 Å². The van der Waals surface area contributed by atoms with Crippen LogP contribution in [0.2, 0.25) is 0 Å². The molecular weight excluding hydrogens is 426 g/mol. The molecule has 8 heteroatoms. The minimum Gasteiger partial charge on any atom is -0.341 e. The van der Waals surface area contributed by atoms with E-state index in [0.717, 1.165) is 19.3 Å². The van der Waals surface area contributed by atoms with Crippen LogP contribution in [0.4, 0.5) is 5.69 Å². The molecule has 2 amide bonds. The molecule has 0 radical (unpaired) electrons. The van der Waals surface area contributed by atoms with Crippen LogP contribution in [-0.4, -0.2) is 43.8 Å². The van der Waals surface area contributed by atoms with E-state index in [1.165, 1.54) is 24.3 Å². The normalized spacial score (nSPS) is 15.6. The SMILES string of the molecule is CCN(CC)C(=O)C1(NC(=O)c2ccc(S(=O)(=O)Nc3ccccc3)cc2)CCCCC1. The molecule has 0 bridgehead atoms. The number of benzene rings is 2. The molecule has 3 rings (SSSR count). The van der Waals surface area contributed by atoms with Gasteiger partial charge < -0.3 is 10.2 Å². The number of carbonyl (C=O) groups is 2. The monoisotopic (exact) mass is 457 g/mol. The summed E-state index contributed by atoms with van der Waals surface area (Å²) in [6, 6.07) is 14.4. The molecule has 2 N–H and O–H groups in total. The fraction of sp³-hybridized carbons (Fsp3) is 0.417. The highest BCUT2D eigenvalue weighted by Crippen LogP contribution is 2.30. The van der Waals surface area contributed by atoms with Crippen molar-refractivity contribution < 1.29 is 18.0 Å². The third-order valence-electron chi connectivity index (χ3n) is 5.97. The van der Waals surface area contributed by atoms with Gasteiger partial charge in [-0.1, -0.05) is 37.5 Å². The molecule has 1 fully saturated rings. The summed E-state index contributed by atoms with van der Waals surface area (Å²) in [5.41, 5.74) is -0.120. The van der Waals surface area contributed by atoms with Crippen LogP contribution in [0, 0.1) is 0 Å². The van der Waals surface area contributed by atoms with Crippen LogP contribution in [0.1, 0.15) is 56.3 Å². The largest absolute Gasteiger partial charge is 0.341 e. The topological polar surface area (TPSA) is 95.6 Å². The number of carbonyl (C=O) groups excluding carboxylic acids is 2. The second-order valence-electron chi connectivity index (χ2n) is 8.07. The number of hydrogen-bond donors (Lipinski definition) is 2. The number of para-hydroxylation sites is 1. The molecule has 2 aromatic carbocycles. The summed E-state index contributed by atoms with van der Waals surface area (Å²) < 4.78 is 27.8. The molecule has 0 saturated heterocycles. The van der Waals surface area contributed by atoms with Gasteiger partial charge in [0.1, 0.15) is 5.54 Å². The summed E-state index contributed by atoms with van der Waals surface area (Å²) in [5, 5.41) is 3.00. The van der Waals surface area contributed by atoms with Gasteiger partial charge in [0.15, 0.2) is 0 Å². The molecule has 2 aromatic rings. The molecule has 0 aliphatic heterocycles. The maximum Gasteiger partial charge on any atom is 0.261 e. The molecule has 7 nitrogen and oxygen atoms in total. The van der Waals surface area contributed by atoms with Crippen LogP contribution < -0.4 is 10.0 Å². The van der Waals surface area contributed by atoms with E-state index < -0.39 is 15.6 Å². The lowest BCUT2D eigenvalue weighted by molar-refractivity contribution is -0.139. The number of rotatable bonds is 8. The van der Waals surface area contributed by atoms with Gasteiger partial charge in [-0.05, 0) is 63.1 Å². The second-order valence-corrected chi connectivity index (χ2v) is 9.75. The molecule has 32 heavy (non-hydrogen) atoms. The first-order valence-electron chi connectivity index (χ1n) is 11.1. The summed E-state index contributed by atoms with van der Waals surface area (Å²) in [6.45, 7) is 5.05. The van der Waals surface area contributed by atoms with E-state index in [1.54, 1.807) is 35.2 Å². The summed E-state index contributed by atoms with van der Waals surface area (Å²) in [6.07, 6.45) is 4.04. The van der Waals surface area contributed by atoms with Gasteiger partial charge in [-0.3, -0.25) is 14.3 Å². The van der Waals surface area contributed by atoms with Crippen LogP contribution in [0.5, 0.6) is 0 Å². The highest BCUT2D eigenvalue weighted by atomic mass is 32.2. The van der Waals surface area contributed by atoms with Crippen molar-refractivity contribution in [3.63, 3.8) is 0 Å². The fourth-order valence-corrected chi connectivity index (χ4v) is 5.21. The Morgan fingerprint density at radius 3 is 2.06 bits per heavy atom. The zero-order chi connectivity index (χ0) is 23.2. The van der Waals surface area contributed by atoms with Gasteiger partial charge in [-0.15, -0.1) is 0 Å². The number of anilines is 1. The molecule has 1 aliphatic rings. The number of sulfonamides is 1. The van der Waals surface area contributed by atoms with E-state index in [4.69, 9.17) is 0 Å². The van der Waals surface area contributed by atoms with Crippen LogP contribution in [-0.2, 0) is 14.8 Å². The molecule has 172 valence electrons. The van der Waals surface area contributed by atoms with Gasteiger partial charge in [-0.2, -0.15) is 0 Å². The Morgan fingerprint density at radius 2 is 1.50 bits per heavy atom. The number of hydrogen-bond acceptors (Lipinski definition) is 4. The second kappa shape index (κ2) is 10.2. The first-order chi connectivity index (χ1) is 15.3. The van der Waals surface area contributed by atoms with E-state index in [0.29, 0.717) is 37.2 Å². The fourth-order valence-electron chi connectivity index (χ4n) is 4.16. The zero-order valence-electron chi connectivity index (χ0n) is 18.6. The highest BCUT2D eigenvalue weighted by molar-refractivity contribution is 7.92. The van der Waals surface area contributed by atoms with E-state index in [1.807, 2.05) is 13.8 Å². The van der Waals surface area contributed by atoms with Gasteiger partial charge in [0.2, 0.25) is 5.91 Å². The Balaban J connectivity index is 1.77. The summed E-state index contributed by atoms with van der Waals surface area (Å²) in [4.78, 5) is 28.1. The van der Waals surface area contributed by atoms with Gasteiger partial charge >= 0.3 is 0 Å². The lowest BCUT2D eigenvalue weighted by Gasteiger charge is -2.40. The third kappa shape index (κ3) is 5.30. The standard InChI is InChI=1S/C24H31N3O4S/c1-3-27(4-2)23(29)24(17-9-6-10-18-24)25-22(28)19-13-15-21(16-14-19)32(30,31)26-20-11-7-5-8-12-20/h5,7-8,11-16,26H,3-4,6,9-10,17-18H2,1-2H3,(H,25,28). The van der Waals surface area contributed by atoms with Crippen molar-refractivity contribution in [1.82, 2.24) is 10.2 Å². The van der Waals surface area contributed by atoms with Gasteiger partial charge in [0.25, 0.3) is 15.9 Å². The van der Waals surface area contributed by atoms with Gasteiger partial charge in [-0.25, -0.2) is 8.42 Å². The van der Waals surface area contributed by atoms with Crippen molar-refractivity contribution >= 4 is 27.5 Å². The van der Waals surface area contributed by atoms with E-state index in [9.17, 15) is 18.0 Å². The molecule has 1 aliphatic carbocycles. The zero-order valence-corrected chi connectivity index (χ0v) is 19.5. The summed E-state index contributed by atoms with van der Waals surface area (Å²) >= 11 is 0.